The summed E-state index contributed by atoms with van der Waals surface area (Å²) < 4.78 is 0. The number of amides is 3. The fourth-order valence-electron chi connectivity index (χ4n) is 1.14. The van der Waals surface area contributed by atoms with Crippen molar-refractivity contribution in [1.82, 2.24) is 25.9 Å². The molecule has 98 valence electrons. The molecule has 0 saturated carbocycles. The topological polar surface area (TPSA) is 96.0 Å². The molecule has 0 fully saturated rings. The molecule has 0 aliphatic carbocycles. The summed E-state index contributed by atoms with van der Waals surface area (Å²) in [5.41, 5.74) is 1.57. The van der Waals surface area contributed by atoms with Crippen molar-refractivity contribution in [3.05, 3.63) is 23.8 Å². The third kappa shape index (κ3) is 4.46. The zero-order valence-corrected chi connectivity index (χ0v) is 10.7. The highest BCUT2D eigenvalue weighted by atomic mass is 16.2. The van der Waals surface area contributed by atoms with Crippen LogP contribution in [0.1, 0.15) is 18.3 Å². The molecule has 1 aromatic rings. The predicted octanol–water partition coefficient (Wildman–Crippen LogP) is -0.281. The van der Waals surface area contributed by atoms with E-state index in [1.165, 1.54) is 7.05 Å². The number of aryl methyl sites for hydroxylation is 1. The summed E-state index contributed by atoms with van der Waals surface area (Å²) in [4.78, 5) is 30.7. The minimum absolute atomic E-state index is 0.394. The Hall–Kier alpha value is -2.02. The molecule has 1 heterocycles. The number of rotatable bonds is 4. The van der Waals surface area contributed by atoms with E-state index in [1.54, 1.807) is 19.3 Å². The molecular weight excluding hydrogens is 234 g/mol. The van der Waals surface area contributed by atoms with Gasteiger partial charge in [0.1, 0.15) is 0 Å². The number of urea groups is 1. The van der Waals surface area contributed by atoms with Crippen molar-refractivity contribution in [3.8, 4) is 0 Å². The second kappa shape index (κ2) is 6.65. The molecule has 0 radical (unpaired) electrons. The van der Waals surface area contributed by atoms with Crippen LogP contribution in [0.15, 0.2) is 12.4 Å². The standard InChI is InChI=1S/C11H17N5O2/c1-7-4-15-9(5-13-7)6-14-8(2)10(17)16-11(18)12-3/h4-5,8,14H,6H2,1-3H3,(H2,12,16,17,18). The number of imide groups is 1. The lowest BCUT2D eigenvalue weighted by molar-refractivity contribution is -0.121. The number of hydrogen-bond acceptors (Lipinski definition) is 5. The van der Waals surface area contributed by atoms with Crippen molar-refractivity contribution in [2.75, 3.05) is 7.05 Å². The first-order chi connectivity index (χ1) is 8.52. The van der Waals surface area contributed by atoms with Crippen LogP contribution in [-0.4, -0.2) is 35.0 Å². The first-order valence-corrected chi connectivity index (χ1v) is 5.56. The molecule has 0 aliphatic heterocycles. The van der Waals surface area contributed by atoms with Crippen LogP contribution in [0.25, 0.3) is 0 Å². The van der Waals surface area contributed by atoms with Crippen molar-refractivity contribution in [2.45, 2.75) is 26.4 Å². The van der Waals surface area contributed by atoms with E-state index in [0.717, 1.165) is 11.4 Å². The third-order valence-electron chi connectivity index (χ3n) is 2.28. The largest absolute Gasteiger partial charge is 0.341 e. The van der Waals surface area contributed by atoms with Gasteiger partial charge in [0.05, 0.1) is 17.4 Å². The Morgan fingerprint density at radius 2 is 2.06 bits per heavy atom. The fraction of sp³-hybridized carbons (Fsp3) is 0.455. The zero-order chi connectivity index (χ0) is 13.5. The van der Waals surface area contributed by atoms with Gasteiger partial charge in [-0.1, -0.05) is 0 Å². The lowest BCUT2D eigenvalue weighted by atomic mass is 10.3. The molecule has 3 N–H and O–H groups in total. The Bertz CT molecular complexity index is 418. The van der Waals surface area contributed by atoms with Gasteiger partial charge in [-0.3, -0.25) is 20.1 Å². The Kier molecular flexibility index (Phi) is 5.19. The second-order valence-electron chi connectivity index (χ2n) is 3.82. The van der Waals surface area contributed by atoms with E-state index in [2.05, 4.69) is 25.9 Å². The van der Waals surface area contributed by atoms with Gasteiger partial charge in [0.2, 0.25) is 5.91 Å². The molecule has 0 aliphatic rings. The molecule has 1 atom stereocenters. The van der Waals surface area contributed by atoms with Crippen molar-refractivity contribution in [3.63, 3.8) is 0 Å². The smallest absolute Gasteiger partial charge is 0.321 e. The molecule has 0 spiro atoms. The van der Waals surface area contributed by atoms with Crippen LogP contribution in [-0.2, 0) is 11.3 Å². The summed E-state index contributed by atoms with van der Waals surface area (Å²) in [5.74, 6) is -0.394. The SMILES string of the molecule is CNC(=O)NC(=O)C(C)NCc1cnc(C)cn1. The minimum atomic E-state index is -0.524. The van der Waals surface area contributed by atoms with Crippen LogP contribution in [0, 0.1) is 6.92 Å². The van der Waals surface area contributed by atoms with E-state index in [-0.39, 0.29) is 0 Å². The number of carbonyl (C=O) groups is 2. The maximum atomic E-state index is 11.5. The average molecular weight is 251 g/mol. The molecule has 0 saturated heterocycles. The van der Waals surface area contributed by atoms with E-state index in [1.807, 2.05) is 6.92 Å². The van der Waals surface area contributed by atoms with E-state index >= 15 is 0 Å². The van der Waals surface area contributed by atoms with Crippen LogP contribution in [0.3, 0.4) is 0 Å². The summed E-state index contributed by atoms with van der Waals surface area (Å²) in [6.45, 7) is 3.93. The molecule has 0 aromatic carbocycles. The van der Waals surface area contributed by atoms with Gasteiger partial charge in [-0.05, 0) is 13.8 Å². The first-order valence-electron chi connectivity index (χ1n) is 5.56. The van der Waals surface area contributed by atoms with Crippen LogP contribution in [0.2, 0.25) is 0 Å². The van der Waals surface area contributed by atoms with Gasteiger partial charge in [-0.25, -0.2) is 4.79 Å². The quantitative estimate of drug-likeness (QED) is 0.684. The van der Waals surface area contributed by atoms with E-state index in [9.17, 15) is 9.59 Å². The number of nitrogens with one attached hydrogen (secondary N) is 3. The lowest BCUT2D eigenvalue weighted by Gasteiger charge is -2.12. The maximum absolute atomic E-state index is 11.5. The molecule has 1 rings (SSSR count). The van der Waals surface area contributed by atoms with Crippen molar-refractivity contribution < 1.29 is 9.59 Å². The van der Waals surface area contributed by atoms with Gasteiger partial charge >= 0.3 is 6.03 Å². The van der Waals surface area contributed by atoms with Crippen LogP contribution >= 0.6 is 0 Å². The zero-order valence-electron chi connectivity index (χ0n) is 10.7. The predicted molar refractivity (Wildman–Crippen MR) is 65.7 cm³/mol. The Labute approximate surface area is 105 Å². The molecule has 1 aromatic heterocycles. The number of nitrogens with zero attached hydrogens (tertiary/aromatic N) is 2. The first kappa shape index (κ1) is 14.0. The summed E-state index contributed by atoms with van der Waals surface area (Å²) in [6.07, 6.45) is 3.30. The van der Waals surface area contributed by atoms with Gasteiger partial charge in [0.25, 0.3) is 0 Å². The highest BCUT2D eigenvalue weighted by Gasteiger charge is 2.14. The Morgan fingerprint density at radius 3 is 2.61 bits per heavy atom. The third-order valence-corrected chi connectivity index (χ3v) is 2.28. The molecule has 7 heteroatoms. The average Bonchev–Trinajstić information content (AvgIpc) is 2.37. The summed E-state index contributed by atoms with van der Waals surface area (Å²) in [6, 6.07) is -1.02. The molecular formula is C11H17N5O2. The van der Waals surface area contributed by atoms with Crippen LogP contribution < -0.4 is 16.0 Å². The lowest BCUT2D eigenvalue weighted by Crippen LogP contribution is -2.47. The van der Waals surface area contributed by atoms with Gasteiger partial charge in [0.15, 0.2) is 0 Å². The fourth-order valence-corrected chi connectivity index (χ4v) is 1.14. The van der Waals surface area contributed by atoms with Crippen LogP contribution in [0.4, 0.5) is 4.79 Å². The number of hydrogen-bond donors (Lipinski definition) is 3. The molecule has 18 heavy (non-hydrogen) atoms. The van der Waals surface area contributed by atoms with Crippen LogP contribution in [0.5, 0.6) is 0 Å². The Morgan fingerprint density at radius 1 is 1.33 bits per heavy atom. The van der Waals surface area contributed by atoms with E-state index in [4.69, 9.17) is 0 Å². The van der Waals surface area contributed by atoms with E-state index in [0.29, 0.717) is 6.54 Å². The summed E-state index contributed by atoms with van der Waals surface area (Å²) >= 11 is 0. The van der Waals surface area contributed by atoms with Crippen molar-refractivity contribution in [2.24, 2.45) is 0 Å². The van der Waals surface area contributed by atoms with Crippen molar-refractivity contribution >= 4 is 11.9 Å². The molecule has 7 nitrogen and oxygen atoms in total. The van der Waals surface area contributed by atoms with E-state index < -0.39 is 18.0 Å². The Balaban J connectivity index is 2.40. The van der Waals surface area contributed by atoms with Gasteiger partial charge in [-0.2, -0.15) is 0 Å². The number of aromatic nitrogens is 2. The number of carbonyl (C=O) groups excluding carboxylic acids is 2. The summed E-state index contributed by atoms with van der Waals surface area (Å²) in [5, 5.41) is 7.45. The highest BCUT2D eigenvalue weighted by molar-refractivity contribution is 5.96. The minimum Gasteiger partial charge on any atom is -0.341 e. The van der Waals surface area contributed by atoms with Crippen molar-refractivity contribution in [1.29, 1.82) is 0 Å². The highest BCUT2D eigenvalue weighted by Crippen LogP contribution is 1.94. The van der Waals surface area contributed by atoms with Gasteiger partial charge in [0, 0.05) is 26.0 Å². The van der Waals surface area contributed by atoms with Gasteiger partial charge < -0.3 is 10.6 Å². The molecule has 3 amide bonds. The maximum Gasteiger partial charge on any atom is 0.321 e. The second-order valence-corrected chi connectivity index (χ2v) is 3.82. The molecule has 0 bridgehead atoms. The molecule has 1 unspecified atom stereocenters. The van der Waals surface area contributed by atoms with Gasteiger partial charge in [-0.15, -0.1) is 0 Å². The monoisotopic (exact) mass is 251 g/mol. The normalized spacial score (nSPS) is 11.7. The summed E-state index contributed by atoms with van der Waals surface area (Å²) in [7, 11) is 1.45.